The Morgan fingerprint density at radius 3 is 2.22 bits per heavy atom. The Bertz CT molecular complexity index is 553. The summed E-state index contributed by atoms with van der Waals surface area (Å²) in [5, 5.41) is 0. The fourth-order valence-electron chi connectivity index (χ4n) is 2.60. The van der Waals surface area contributed by atoms with Crippen molar-refractivity contribution >= 4 is 12.4 Å². The molecule has 1 fully saturated rings. The number of nitrogens with zero attached hydrogens (tertiary/aromatic N) is 1. The van der Waals surface area contributed by atoms with Crippen LogP contribution in [0.1, 0.15) is 11.1 Å². The van der Waals surface area contributed by atoms with Gasteiger partial charge in [-0.1, -0.05) is 42.5 Å². The van der Waals surface area contributed by atoms with E-state index in [1.54, 1.807) is 0 Å². The summed E-state index contributed by atoms with van der Waals surface area (Å²) in [5.74, 6) is 0.916. The molecule has 0 amide bonds. The van der Waals surface area contributed by atoms with Crippen molar-refractivity contribution in [1.29, 1.82) is 0 Å². The van der Waals surface area contributed by atoms with Gasteiger partial charge in [0, 0.05) is 19.6 Å². The molecule has 1 aliphatic heterocycles. The van der Waals surface area contributed by atoms with Crippen LogP contribution < -0.4 is 4.74 Å². The Kier molecular flexibility index (Phi) is 7.40. The summed E-state index contributed by atoms with van der Waals surface area (Å²) < 4.78 is 11.1. The van der Waals surface area contributed by atoms with Gasteiger partial charge in [-0.3, -0.25) is 4.90 Å². The van der Waals surface area contributed by atoms with E-state index >= 15 is 0 Å². The van der Waals surface area contributed by atoms with Gasteiger partial charge in [0.2, 0.25) is 0 Å². The van der Waals surface area contributed by atoms with Gasteiger partial charge in [-0.2, -0.15) is 0 Å². The van der Waals surface area contributed by atoms with Gasteiger partial charge < -0.3 is 9.47 Å². The van der Waals surface area contributed by atoms with E-state index in [0.29, 0.717) is 6.61 Å². The minimum Gasteiger partial charge on any atom is -0.489 e. The van der Waals surface area contributed by atoms with E-state index < -0.39 is 0 Å². The molecule has 2 aromatic rings. The summed E-state index contributed by atoms with van der Waals surface area (Å²) >= 11 is 0. The molecular formula is C19H24ClNO2. The van der Waals surface area contributed by atoms with Crippen molar-refractivity contribution < 1.29 is 9.47 Å². The lowest BCUT2D eigenvalue weighted by molar-refractivity contribution is 0.0384. The molecule has 0 radical (unpaired) electrons. The molecular weight excluding hydrogens is 310 g/mol. The molecule has 23 heavy (non-hydrogen) atoms. The van der Waals surface area contributed by atoms with E-state index in [4.69, 9.17) is 9.47 Å². The molecule has 0 bridgehead atoms. The smallest absolute Gasteiger partial charge is 0.119 e. The van der Waals surface area contributed by atoms with Crippen molar-refractivity contribution in [2.75, 3.05) is 32.8 Å². The molecule has 0 spiro atoms. The van der Waals surface area contributed by atoms with Crippen LogP contribution in [-0.2, 0) is 17.8 Å². The van der Waals surface area contributed by atoms with E-state index in [2.05, 4.69) is 29.2 Å². The maximum Gasteiger partial charge on any atom is 0.119 e. The third-order valence-electron chi connectivity index (χ3n) is 3.99. The summed E-state index contributed by atoms with van der Waals surface area (Å²) in [4.78, 5) is 2.47. The highest BCUT2D eigenvalue weighted by atomic mass is 35.5. The maximum absolute atomic E-state index is 5.76. The van der Waals surface area contributed by atoms with Gasteiger partial charge in [0.25, 0.3) is 0 Å². The Balaban J connectivity index is 0.00000192. The molecule has 2 aromatic carbocycles. The average molecular weight is 334 g/mol. The highest BCUT2D eigenvalue weighted by Gasteiger charge is 2.09. The SMILES string of the molecule is Cl.c1ccc(OCc2ccc(CCN3CCOCC3)cc2)cc1. The number of hydrogen-bond donors (Lipinski definition) is 0. The van der Waals surface area contributed by atoms with Gasteiger partial charge in [0.15, 0.2) is 0 Å². The van der Waals surface area contributed by atoms with Crippen molar-refractivity contribution in [2.45, 2.75) is 13.0 Å². The molecule has 0 unspecified atom stereocenters. The number of halogens is 1. The van der Waals surface area contributed by atoms with Crippen LogP contribution >= 0.6 is 12.4 Å². The summed E-state index contributed by atoms with van der Waals surface area (Å²) in [6.45, 7) is 5.59. The normalized spacial score (nSPS) is 15.0. The lowest BCUT2D eigenvalue weighted by atomic mass is 10.1. The molecule has 124 valence electrons. The zero-order valence-electron chi connectivity index (χ0n) is 13.3. The third-order valence-corrected chi connectivity index (χ3v) is 3.99. The third kappa shape index (κ3) is 5.87. The van der Waals surface area contributed by atoms with Crippen molar-refractivity contribution in [3.05, 3.63) is 65.7 Å². The fraction of sp³-hybridized carbons (Fsp3) is 0.368. The second-order valence-electron chi connectivity index (χ2n) is 5.62. The fourth-order valence-corrected chi connectivity index (χ4v) is 2.60. The maximum atomic E-state index is 5.76. The molecule has 1 saturated heterocycles. The summed E-state index contributed by atoms with van der Waals surface area (Å²) in [6.07, 6.45) is 1.10. The van der Waals surface area contributed by atoms with E-state index in [1.165, 1.54) is 11.1 Å². The lowest BCUT2D eigenvalue weighted by Gasteiger charge is -2.26. The molecule has 0 aromatic heterocycles. The number of morpholine rings is 1. The van der Waals surface area contributed by atoms with Crippen LogP contribution in [0.3, 0.4) is 0 Å². The first-order chi connectivity index (χ1) is 10.9. The molecule has 1 heterocycles. The first-order valence-electron chi connectivity index (χ1n) is 7.96. The van der Waals surface area contributed by atoms with Gasteiger partial charge in [0.05, 0.1) is 13.2 Å². The van der Waals surface area contributed by atoms with Gasteiger partial charge in [-0.15, -0.1) is 12.4 Å². The van der Waals surface area contributed by atoms with Crippen molar-refractivity contribution in [3.63, 3.8) is 0 Å². The predicted octanol–water partition coefficient (Wildman–Crippen LogP) is 3.56. The number of ether oxygens (including phenoxy) is 2. The standard InChI is InChI=1S/C19H23NO2.ClH/c1-2-4-19(5-3-1)22-16-18-8-6-17(7-9-18)10-11-20-12-14-21-15-13-20;/h1-9H,10-16H2;1H. The first-order valence-corrected chi connectivity index (χ1v) is 7.96. The van der Waals surface area contributed by atoms with Crippen molar-refractivity contribution in [1.82, 2.24) is 4.90 Å². The average Bonchev–Trinajstić information content (AvgIpc) is 2.61. The summed E-state index contributed by atoms with van der Waals surface area (Å²) in [5.41, 5.74) is 2.59. The topological polar surface area (TPSA) is 21.7 Å². The largest absolute Gasteiger partial charge is 0.489 e. The number of para-hydroxylation sites is 1. The molecule has 0 saturated carbocycles. The van der Waals surface area contributed by atoms with Gasteiger partial charge >= 0.3 is 0 Å². The minimum absolute atomic E-state index is 0. The van der Waals surface area contributed by atoms with Crippen LogP contribution in [-0.4, -0.2) is 37.7 Å². The van der Waals surface area contributed by atoms with Crippen LogP contribution in [0.25, 0.3) is 0 Å². The highest BCUT2D eigenvalue weighted by molar-refractivity contribution is 5.85. The molecule has 1 aliphatic rings. The monoisotopic (exact) mass is 333 g/mol. The minimum atomic E-state index is 0. The van der Waals surface area contributed by atoms with Crippen LogP contribution in [0.5, 0.6) is 5.75 Å². The molecule has 4 heteroatoms. The van der Waals surface area contributed by atoms with Crippen LogP contribution in [0.4, 0.5) is 0 Å². The zero-order valence-corrected chi connectivity index (χ0v) is 14.1. The van der Waals surface area contributed by atoms with Crippen LogP contribution in [0, 0.1) is 0 Å². The Morgan fingerprint density at radius 1 is 0.870 bits per heavy atom. The Hall–Kier alpha value is -1.55. The molecule has 0 N–H and O–H groups in total. The van der Waals surface area contributed by atoms with Gasteiger partial charge in [0.1, 0.15) is 12.4 Å². The van der Waals surface area contributed by atoms with Crippen molar-refractivity contribution in [2.24, 2.45) is 0 Å². The van der Waals surface area contributed by atoms with Crippen LogP contribution in [0.2, 0.25) is 0 Å². The van der Waals surface area contributed by atoms with Gasteiger partial charge in [-0.05, 0) is 29.7 Å². The summed E-state index contributed by atoms with van der Waals surface area (Å²) in [6, 6.07) is 18.7. The number of rotatable bonds is 6. The van der Waals surface area contributed by atoms with Crippen molar-refractivity contribution in [3.8, 4) is 5.75 Å². The molecule has 3 nitrogen and oxygen atoms in total. The van der Waals surface area contributed by atoms with Crippen LogP contribution in [0.15, 0.2) is 54.6 Å². The number of hydrogen-bond acceptors (Lipinski definition) is 3. The molecule has 0 aliphatic carbocycles. The Morgan fingerprint density at radius 2 is 1.52 bits per heavy atom. The quantitative estimate of drug-likeness (QED) is 0.806. The second kappa shape index (κ2) is 9.56. The lowest BCUT2D eigenvalue weighted by Crippen LogP contribution is -2.37. The zero-order chi connectivity index (χ0) is 15.0. The van der Waals surface area contributed by atoms with E-state index in [0.717, 1.165) is 45.0 Å². The van der Waals surface area contributed by atoms with E-state index in [9.17, 15) is 0 Å². The first kappa shape index (κ1) is 17.8. The second-order valence-corrected chi connectivity index (χ2v) is 5.62. The highest BCUT2D eigenvalue weighted by Crippen LogP contribution is 2.13. The molecule has 3 rings (SSSR count). The van der Waals surface area contributed by atoms with E-state index in [1.807, 2.05) is 30.3 Å². The van der Waals surface area contributed by atoms with E-state index in [-0.39, 0.29) is 12.4 Å². The summed E-state index contributed by atoms with van der Waals surface area (Å²) in [7, 11) is 0. The molecule has 0 atom stereocenters. The van der Waals surface area contributed by atoms with Gasteiger partial charge in [-0.25, -0.2) is 0 Å². The predicted molar refractivity (Wildman–Crippen MR) is 95.4 cm³/mol. The Labute approximate surface area is 144 Å². The number of benzene rings is 2.